The average Bonchev–Trinajstić information content (AvgIpc) is 2.39. The van der Waals surface area contributed by atoms with Gasteiger partial charge in [-0.1, -0.05) is 117 Å². The van der Waals surface area contributed by atoms with Crippen molar-refractivity contribution in [3.05, 3.63) is 0 Å². The van der Waals surface area contributed by atoms with Gasteiger partial charge in [-0.25, -0.2) is 0 Å². The van der Waals surface area contributed by atoms with Crippen LogP contribution in [0.5, 0.6) is 0 Å². The first-order valence-electron chi connectivity index (χ1n) is 8.91. The van der Waals surface area contributed by atoms with Crippen LogP contribution in [0.4, 0.5) is 0 Å². The summed E-state index contributed by atoms with van der Waals surface area (Å²) < 4.78 is 0. The predicted octanol–water partition coefficient (Wildman–Crippen LogP) is 6.20. The van der Waals surface area contributed by atoms with Crippen molar-refractivity contribution in [2.24, 2.45) is 0 Å². The minimum absolute atomic E-state index is 0. The molecule has 2 heteroatoms. The van der Waals surface area contributed by atoms with Crippen LogP contribution in [0, 0.1) is 0 Å². The SMILES string of the molecule is CCCCCCCCCCCCCCCCCC.[BeH2].[HH].[HH].[KH]. The van der Waals surface area contributed by atoms with Crippen LogP contribution in [0.25, 0.3) is 0 Å². The fourth-order valence-corrected chi connectivity index (χ4v) is 2.62. The van der Waals surface area contributed by atoms with Crippen LogP contribution >= 0.6 is 0 Å². The van der Waals surface area contributed by atoms with E-state index in [-0.39, 0.29) is 64.4 Å². The molecule has 0 aromatic heterocycles. The molecule has 0 bridgehead atoms. The van der Waals surface area contributed by atoms with Crippen LogP contribution in [0.2, 0.25) is 0 Å². The van der Waals surface area contributed by atoms with Crippen LogP contribution in [-0.2, 0) is 0 Å². The Hall–Kier alpha value is 1.81. The van der Waals surface area contributed by atoms with Gasteiger partial charge < -0.3 is 0 Å². The van der Waals surface area contributed by atoms with Gasteiger partial charge in [-0.2, -0.15) is 0 Å². The molecule has 0 fully saturated rings. The second-order valence-corrected chi connectivity index (χ2v) is 5.95. The Labute approximate surface area is 179 Å². The average molecular weight is 310 g/mol. The molecule has 0 aliphatic heterocycles. The number of hydrogen-bond acceptors (Lipinski definition) is 0. The molecule has 0 aliphatic rings. The molecular formula is C18H45BeK. The third-order valence-electron chi connectivity index (χ3n) is 3.96. The van der Waals surface area contributed by atoms with Crippen molar-refractivity contribution in [3.8, 4) is 0 Å². The molecular weight excluding hydrogens is 264 g/mol. The first kappa shape index (κ1) is 26.7. The van der Waals surface area contributed by atoms with Crippen molar-refractivity contribution in [2.45, 2.75) is 117 Å². The third-order valence-corrected chi connectivity index (χ3v) is 3.96. The summed E-state index contributed by atoms with van der Waals surface area (Å²) in [5.41, 5.74) is 0. The molecule has 0 saturated heterocycles. The van der Waals surface area contributed by atoms with E-state index >= 15 is 0 Å². The molecule has 0 spiro atoms. The van der Waals surface area contributed by atoms with Gasteiger partial charge in [0.05, 0.1) is 0 Å². The van der Waals surface area contributed by atoms with Crippen molar-refractivity contribution in [3.63, 3.8) is 0 Å². The van der Waals surface area contributed by atoms with Gasteiger partial charge >= 0.3 is 61.5 Å². The fraction of sp³-hybridized carbons (Fsp3) is 1.00. The molecule has 0 saturated carbocycles. The molecule has 0 amide bonds. The van der Waals surface area contributed by atoms with E-state index < -0.39 is 0 Å². The quantitative estimate of drug-likeness (QED) is 0.250. The van der Waals surface area contributed by atoms with Crippen LogP contribution in [0.3, 0.4) is 0 Å². The molecule has 120 valence electrons. The Balaban J connectivity index is -0.000000241. The van der Waals surface area contributed by atoms with Crippen molar-refractivity contribution in [1.29, 1.82) is 0 Å². The summed E-state index contributed by atoms with van der Waals surface area (Å²) in [4.78, 5) is 0. The van der Waals surface area contributed by atoms with Gasteiger partial charge in [-0.05, 0) is 0 Å². The Morgan fingerprint density at radius 3 is 0.700 bits per heavy atom. The zero-order chi connectivity index (χ0) is 13.3. The van der Waals surface area contributed by atoms with Gasteiger partial charge in [0.15, 0.2) is 0 Å². The van der Waals surface area contributed by atoms with E-state index in [1.807, 2.05) is 0 Å². The molecule has 0 nitrogen and oxygen atoms in total. The second kappa shape index (κ2) is 25.7. The van der Waals surface area contributed by atoms with Gasteiger partial charge in [0, 0.05) is 2.85 Å². The van der Waals surface area contributed by atoms with Crippen LogP contribution in [0.15, 0.2) is 0 Å². The summed E-state index contributed by atoms with van der Waals surface area (Å²) >= 11 is 0. The first-order chi connectivity index (χ1) is 8.91. The maximum absolute atomic E-state index is 2.29. The second-order valence-electron chi connectivity index (χ2n) is 5.95. The summed E-state index contributed by atoms with van der Waals surface area (Å²) in [5, 5.41) is 0. The Morgan fingerprint density at radius 2 is 0.550 bits per heavy atom. The Kier molecular flexibility index (Phi) is 34.4. The van der Waals surface area contributed by atoms with Crippen molar-refractivity contribution < 1.29 is 2.85 Å². The van der Waals surface area contributed by atoms with Gasteiger partial charge in [-0.15, -0.1) is 0 Å². The maximum atomic E-state index is 2.29. The summed E-state index contributed by atoms with van der Waals surface area (Å²) in [6.45, 7) is 4.59. The standard InChI is InChI=1S/C18H38.Be.K.2H2.3H/c1-3-5-7-9-11-13-15-17-18-16-14-12-10-8-6-4-2;;;;;;;/h3-18H2,1-2H3;;;2*1H;;;. The molecule has 0 rings (SSSR count). The van der Waals surface area contributed by atoms with Gasteiger partial charge in [0.25, 0.3) is 0 Å². The fourth-order valence-electron chi connectivity index (χ4n) is 2.62. The van der Waals surface area contributed by atoms with E-state index in [2.05, 4.69) is 13.8 Å². The van der Waals surface area contributed by atoms with E-state index in [0.29, 0.717) is 0 Å². The number of hydrogen-bond donors (Lipinski definition) is 0. The molecule has 20 heavy (non-hydrogen) atoms. The van der Waals surface area contributed by atoms with Crippen LogP contribution in [0.1, 0.15) is 119 Å². The monoisotopic (exact) mass is 309 g/mol. The molecule has 0 heterocycles. The van der Waals surface area contributed by atoms with Gasteiger partial charge in [-0.3, -0.25) is 0 Å². The van der Waals surface area contributed by atoms with Crippen molar-refractivity contribution in [1.82, 2.24) is 0 Å². The molecule has 0 unspecified atom stereocenters. The Bertz CT molecular complexity index is 133. The van der Waals surface area contributed by atoms with E-state index in [9.17, 15) is 0 Å². The topological polar surface area (TPSA) is 0 Å². The van der Waals surface area contributed by atoms with E-state index in [0.717, 1.165) is 0 Å². The summed E-state index contributed by atoms with van der Waals surface area (Å²) in [6, 6.07) is 0. The normalized spacial score (nSPS) is 9.90. The molecule has 0 radical (unpaired) electrons. The first-order valence-corrected chi connectivity index (χ1v) is 8.91. The third kappa shape index (κ3) is 24.8. The number of unbranched alkanes of at least 4 members (excludes halogenated alkanes) is 15. The van der Waals surface area contributed by atoms with E-state index in [1.54, 1.807) is 0 Å². The van der Waals surface area contributed by atoms with Gasteiger partial charge in [0.2, 0.25) is 0 Å². The van der Waals surface area contributed by atoms with E-state index in [4.69, 9.17) is 0 Å². The summed E-state index contributed by atoms with van der Waals surface area (Å²) in [6.07, 6.45) is 23.4. The molecule has 0 aliphatic carbocycles. The van der Waals surface area contributed by atoms with Gasteiger partial charge in [0.1, 0.15) is 0 Å². The van der Waals surface area contributed by atoms with Crippen LogP contribution in [-0.4, -0.2) is 61.5 Å². The predicted molar refractivity (Wildman–Crippen MR) is 105 cm³/mol. The van der Waals surface area contributed by atoms with E-state index in [1.165, 1.54) is 103 Å². The van der Waals surface area contributed by atoms with Crippen LogP contribution < -0.4 is 0 Å². The summed E-state index contributed by atoms with van der Waals surface area (Å²) in [7, 11) is 0. The molecule has 0 N–H and O–H groups in total. The van der Waals surface area contributed by atoms with Crippen molar-refractivity contribution in [2.75, 3.05) is 0 Å². The zero-order valence-electron chi connectivity index (χ0n) is 13.3. The zero-order valence-corrected chi connectivity index (χ0v) is 13.3. The summed E-state index contributed by atoms with van der Waals surface area (Å²) in [5.74, 6) is 0. The molecule has 0 atom stereocenters. The molecule has 0 aromatic carbocycles. The minimum atomic E-state index is 0. The number of rotatable bonds is 15. The Morgan fingerprint density at radius 1 is 0.400 bits per heavy atom. The van der Waals surface area contributed by atoms with Crippen molar-refractivity contribution >= 4 is 61.5 Å². The molecule has 0 aromatic rings.